The fourth-order valence-electron chi connectivity index (χ4n) is 11.7. The molecule has 0 heterocycles. The van der Waals surface area contributed by atoms with Gasteiger partial charge in [-0.2, -0.15) is 0 Å². The van der Waals surface area contributed by atoms with E-state index >= 15 is 0 Å². The zero-order chi connectivity index (χ0) is 57.8. The first-order chi connectivity index (χ1) is 39.5. The fourth-order valence-corrected chi connectivity index (χ4v) is 11.7. The number of esters is 1. The first-order valence-electron chi connectivity index (χ1n) is 36.6. The molecule has 0 saturated heterocycles. The summed E-state index contributed by atoms with van der Waals surface area (Å²) in [6.07, 6.45) is 88.1. The van der Waals surface area contributed by atoms with Crippen molar-refractivity contribution in [2.45, 2.75) is 424 Å². The Bertz CT molecular complexity index is 1250. The highest BCUT2D eigenvalue weighted by atomic mass is 16.5. The number of allylic oxidation sites excluding steroid dienone is 4. The summed E-state index contributed by atoms with van der Waals surface area (Å²) in [5, 5.41) is 23.3. The molecule has 474 valence electrons. The van der Waals surface area contributed by atoms with Gasteiger partial charge in [-0.25, -0.2) is 0 Å². The van der Waals surface area contributed by atoms with E-state index in [-0.39, 0.29) is 18.5 Å². The smallest absolute Gasteiger partial charge is 0.305 e. The van der Waals surface area contributed by atoms with Gasteiger partial charge in [-0.15, -0.1) is 0 Å². The van der Waals surface area contributed by atoms with Gasteiger partial charge in [-0.3, -0.25) is 9.59 Å². The Morgan fingerprint density at radius 1 is 0.350 bits per heavy atom. The summed E-state index contributed by atoms with van der Waals surface area (Å²) in [4.78, 5) is 24.6. The minimum atomic E-state index is -0.661. The van der Waals surface area contributed by atoms with E-state index in [1.165, 1.54) is 327 Å². The van der Waals surface area contributed by atoms with Crippen LogP contribution in [0.4, 0.5) is 0 Å². The van der Waals surface area contributed by atoms with Gasteiger partial charge in [-0.1, -0.05) is 366 Å². The van der Waals surface area contributed by atoms with Gasteiger partial charge in [0.1, 0.15) is 0 Å². The lowest BCUT2D eigenvalue weighted by Gasteiger charge is -2.22. The summed E-state index contributed by atoms with van der Waals surface area (Å²) in [5.74, 6) is -0.0112. The van der Waals surface area contributed by atoms with Crippen molar-refractivity contribution in [1.29, 1.82) is 0 Å². The van der Waals surface area contributed by atoms with Crippen molar-refractivity contribution in [3.63, 3.8) is 0 Å². The van der Waals surface area contributed by atoms with Crippen LogP contribution < -0.4 is 5.32 Å². The van der Waals surface area contributed by atoms with Crippen LogP contribution in [0.15, 0.2) is 24.3 Å². The lowest BCUT2D eigenvalue weighted by molar-refractivity contribution is -0.143. The quantitative estimate of drug-likeness (QED) is 0.0320. The average molecular weight is 1130 g/mol. The van der Waals surface area contributed by atoms with Gasteiger partial charge in [0.05, 0.1) is 25.4 Å². The monoisotopic (exact) mass is 1130 g/mol. The van der Waals surface area contributed by atoms with Gasteiger partial charge < -0.3 is 20.3 Å². The van der Waals surface area contributed by atoms with Crippen molar-refractivity contribution >= 4 is 11.9 Å². The minimum absolute atomic E-state index is 0.0171. The van der Waals surface area contributed by atoms with Crippen LogP contribution in [0, 0.1) is 0 Å². The molecule has 0 aliphatic carbocycles. The van der Waals surface area contributed by atoms with Crippen LogP contribution in [-0.4, -0.2) is 47.4 Å². The number of nitrogens with one attached hydrogen (secondary N) is 1. The topological polar surface area (TPSA) is 95.9 Å². The molecule has 0 aromatic carbocycles. The van der Waals surface area contributed by atoms with E-state index in [0.29, 0.717) is 25.9 Å². The minimum Gasteiger partial charge on any atom is -0.466 e. The fraction of sp³-hybridized carbons (Fsp3) is 0.919. The molecule has 2 unspecified atom stereocenters. The van der Waals surface area contributed by atoms with Gasteiger partial charge in [0.2, 0.25) is 5.91 Å². The molecule has 6 nitrogen and oxygen atoms in total. The summed E-state index contributed by atoms with van der Waals surface area (Å²) >= 11 is 0. The Morgan fingerprint density at radius 2 is 0.625 bits per heavy atom. The molecule has 2 atom stereocenters. The molecule has 0 aliphatic rings. The van der Waals surface area contributed by atoms with Crippen molar-refractivity contribution in [3.8, 4) is 0 Å². The number of rotatable bonds is 69. The van der Waals surface area contributed by atoms with Gasteiger partial charge in [0.15, 0.2) is 0 Å². The molecule has 0 radical (unpaired) electrons. The average Bonchev–Trinajstić information content (AvgIpc) is 3.46. The van der Waals surface area contributed by atoms with Gasteiger partial charge in [0.25, 0.3) is 0 Å². The van der Waals surface area contributed by atoms with E-state index in [1.54, 1.807) is 0 Å². The second-order valence-corrected chi connectivity index (χ2v) is 25.3. The van der Waals surface area contributed by atoms with E-state index in [9.17, 15) is 19.8 Å². The molecule has 6 heteroatoms. The van der Waals surface area contributed by atoms with E-state index in [2.05, 4.69) is 43.5 Å². The Labute approximate surface area is 501 Å². The summed E-state index contributed by atoms with van der Waals surface area (Å²) in [7, 11) is 0. The first-order valence-corrected chi connectivity index (χ1v) is 36.6. The maximum atomic E-state index is 12.5. The molecule has 0 spiro atoms. The summed E-state index contributed by atoms with van der Waals surface area (Å²) in [6.45, 7) is 4.96. The Kier molecular flexibility index (Phi) is 68.4. The van der Waals surface area contributed by atoms with E-state index in [1.807, 2.05) is 0 Å². The van der Waals surface area contributed by atoms with Crippen molar-refractivity contribution < 1.29 is 24.5 Å². The molecule has 0 rings (SSSR count). The number of carbonyl (C=O) groups excluding carboxylic acids is 2. The third-order valence-corrected chi connectivity index (χ3v) is 17.3. The van der Waals surface area contributed by atoms with Crippen molar-refractivity contribution in [2.24, 2.45) is 0 Å². The van der Waals surface area contributed by atoms with E-state index < -0.39 is 12.1 Å². The largest absolute Gasteiger partial charge is 0.466 e. The van der Waals surface area contributed by atoms with Crippen LogP contribution in [0.5, 0.6) is 0 Å². The molecule has 0 aromatic rings. The summed E-state index contributed by atoms with van der Waals surface area (Å²) in [5.41, 5.74) is 0. The van der Waals surface area contributed by atoms with Crippen molar-refractivity contribution in [1.82, 2.24) is 5.32 Å². The lowest BCUT2D eigenvalue weighted by atomic mass is 10.0. The molecule has 1 amide bonds. The molecule has 0 fully saturated rings. The second-order valence-electron chi connectivity index (χ2n) is 25.3. The number of aliphatic hydroxyl groups excluding tert-OH is 2. The second kappa shape index (κ2) is 69.8. The lowest BCUT2D eigenvalue weighted by Crippen LogP contribution is -2.45. The third kappa shape index (κ3) is 65.5. The van der Waals surface area contributed by atoms with Crippen molar-refractivity contribution in [3.05, 3.63) is 24.3 Å². The predicted octanol–water partition coefficient (Wildman–Crippen LogP) is 23.7. The number of aliphatic hydroxyl groups is 2. The van der Waals surface area contributed by atoms with Crippen LogP contribution in [0.3, 0.4) is 0 Å². The van der Waals surface area contributed by atoms with Crippen molar-refractivity contribution in [2.75, 3.05) is 13.2 Å². The number of carbonyl (C=O) groups is 2. The highest BCUT2D eigenvalue weighted by Crippen LogP contribution is 2.19. The summed E-state index contributed by atoms with van der Waals surface area (Å²) < 4.78 is 5.51. The summed E-state index contributed by atoms with van der Waals surface area (Å²) in [6, 6.07) is -0.538. The molecule has 0 saturated carbocycles. The van der Waals surface area contributed by atoms with E-state index in [4.69, 9.17) is 4.74 Å². The molecule has 3 N–H and O–H groups in total. The zero-order valence-electron chi connectivity index (χ0n) is 54.3. The number of hydrogen-bond donors (Lipinski definition) is 3. The molecule has 0 bridgehead atoms. The molecular weight excluding hydrogens is 983 g/mol. The molecular formula is C74H143NO5. The molecule has 0 aliphatic heterocycles. The van der Waals surface area contributed by atoms with Gasteiger partial charge >= 0.3 is 5.97 Å². The maximum Gasteiger partial charge on any atom is 0.305 e. The number of ether oxygens (including phenoxy) is 1. The zero-order valence-corrected chi connectivity index (χ0v) is 54.3. The molecule has 80 heavy (non-hydrogen) atoms. The third-order valence-electron chi connectivity index (χ3n) is 17.3. The van der Waals surface area contributed by atoms with Crippen LogP contribution in [0.2, 0.25) is 0 Å². The van der Waals surface area contributed by atoms with Crippen LogP contribution in [0.25, 0.3) is 0 Å². The maximum absolute atomic E-state index is 12.5. The van der Waals surface area contributed by atoms with Gasteiger partial charge in [-0.05, 0) is 57.8 Å². The molecule has 0 aromatic heterocycles. The first kappa shape index (κ1) is 78.3. The van der Waals surface area contributed by atoms with Crippen LogP contribution in [-0.2, 0) is 14.3 Å². The normalized spacial score (nSPS) is 12.6. The van der Waals surface area contributed by atoms with Crippen LogP contribution >= 0.6 is 0 Å². The van der Waals surface area contributed by atoms with Gasteiger partial charge in [0, 0.05) is 12.8 Å². The number of unbranched alkanes of at least 4 members (excludes halogenated alkanes) is 54. The van der Waals surface area contributed by atoms with Crippen LogP contribution in [0.1, 0.15) is 412 Å². The Hall–Kier alpha value is -1.66. The number of amides is 1. The highest BCUT2D eigenvalue weighted by Gasteiger charge is 2.20. The standard InChI is InChI=1S/C74H143NO5/c1-3-5-7-9-11-13-15-17-19-20-33-37-40-44-48-52-56-60-64-68-74(79)80-69-65-61-57-53-49-45-41-38-35-32-30-28-26-24-22-21-23-25-27-29-31-34-36-39-43-47-51-55-59-63-67-73(78)75-71(70-76)72(77)66-62-58-54-50-46-42-18-16-14-12-10-8-6-4-2/h11,13,17,19,71-72,76-77H,3-10,12,14-16,18,20-70H2,1-2H3,(H,75,78)/b13-11-,19-17-. The van der Waals surface area contributed by atoms with E-state index in [0.717, 1.165) is 51.4 Å². The SMILES string of the molecule is CCCCC/C=C\C/C=C\CCCCCCCCCCCC(=O)OCCCCCCCCCCCCCCCCCCCCCCCCCCCCCCCCC(=O)NC(CO)C(O)CCCCCCCCCCCCCCCC. The Morgan fingerprint density at radius 3 is 0.975 bits per heavy atom. The Balaban J connectivity index is 3.31. The predicted molar refractivity (Wildman–Crippen MR) is 352 cm³/mol. The number of hydrogen-bond acceptors (Lipinski definition) is 5. The highest BCUT2D eigenvalue weighted by molar-refractivity contribution is 5.76.